The molecule has 0 amide bonds. The number of aryl methyl sites for hydroxylation is 1. The SMILES string of the molecule is CC(=O)OCCCCn1ccnc1-c1ccccc1. The largest absolute Gasteiger partial charge is 0.466 e. The molecule has 0 aliphatic heterocycles. The van der Waals surface area contributed by atoms with Gasteiger partial charge in [-0.2, -0.15) is 0 Å². The molecule has 0 spiro atoms. The van der Waals surface area contributed by atoms with E-state index in [1.54, 1.807) is 0 Å². The molecular weight excluding hydrogens is 240 g/mol. The summed E-state index contributed by atoms with van der Waals surface area (Å²) in [4.78, 5) is 15.0. The molecule has 2 rings (SSSR count). The maximum Gasteiger partial charge on any atom is 0.302 e. The van der Waals surface area contributed by atoms with E-state index in [-0.39, 0.29) is 5.97 Å². The maximum atomic E-state index is 10.6. The molecule has 0 bridgehead atoms. The van der Waals surface area contributed by atoms with E-state index in [2.05, 4.69) is 21.7 Å². The molecular formula is C15H18N2O2. The predicted octanol–water partition coefficient (Wildman–Crippen LogP) is 2.89. The monoisotopic (exact) mass is 258 g/mol. The number of hydrogen-bond donors (Lipinski definition) is 0. The van der Waals surface area contributed by atoms with Gasteiger partial charge in [-0.05, 0) is 12.8 Å². The number of carbonyl (C=O) groups is 1. The fourth-order valence-corrected chi connectivity index (χ4v) is 1.94. The van der Waals surface area contributed by atoms with Gasteiger partial charge in [0.15, 0.2) is 0 Å². The first-order valence-corrected chi connectivity index (χ1v) is 6.47. The Balaban J connectivity index is 1.88. The van der Waals surface area contributed by atoms with Gasteiger partial charge in [0, 0.05) is 31.4 Å². The Morgan fingerprint density at radius 3 is 2.79 bits per heavy atom. The molecule has 0 fully saturated rings. The zero-order valence-corrected chi connectivity index (χ0v) is 11.1. The van der Waals surface area contributed by atoms with Gasteiger partial charge in [-0.3, -0.25) is 4.79 Å². The minimum absolute atomic E-state index is 0.215. The average Bonchev–Trinajstić information content (AvgIpc) is 2.87. The van der Waals surface area contributed by atoms with E-state index in [9.17, 15) is 4.79 Å². The van der Waals surface area contributed by atoms with Crippen LogP contribution in [0.2, 0.25) is 0 Å². The summed E-state index contributed by atoms with van der Waals surface area (Å²) in [6.07, 6.45) is 5.62. The molecule has 1 aromatic heterocycles. The van der Waals surface area contributed by atoms with Crippen LogP contribution in [0.1, 0.15) is 19.8 Å². The quantitative estimate of drug-likeness (QED) is 0.591. The van der Waals surface area contributed by atoms with Gasteiger partial charge in [0.2, 0.25) is 0 Å². The highest BCUT2D eigenvalue weighted by Crippen LogP contribution is 2.17. The van der Waals surface area contributed by atoms with Crippen LogP contribution in [0.4, 0.5) is 0 Å². The first-order valence-electron chi connectivity index (χ1n) is 6.47. The standard InChI is InChI=1S/C15H18N2O2/c1-13(18)19-12-6-5-10-17-11-9-16-15(17)14-7-3-2-4-8-14/h2-4,7-9,11H,5-6,10,12H2,1H3. The van der Waals surface area contributed by atoms with Crippen LogP contribution in [0.15, 0.2) is 42.7 Å². The number of aromatic nitrogens is 2. The normalized spacial score (nSPS) is 10.4. The van der Waals surface area contributed by atoms with Crippen LogP contribution in [-0.4, -0.2) is 22.1 Å². The van der Waals surface area contributed by atoms with Gasteiger partial charge in [0.1, 0.15) is 5.82 Å². The second-order valence-electron chi connectivity index (χ2n) is 4.36. The van der Waals surface area contributed by atoms with Crippen molar-refractivity contribution >= 4 is 5.97 Å². The molecule has 1 heterocycles. The van der Waals surface area contributed by atoms with Crippen LogP contribution in [0.5, 0.6) is 0 Å². The molecule has 0 saturated carbocycles. The third-order valence-electron chi connectivity index (χ3n) is 2.85. The Morgan fingerprint density at radius 2 is 2.05 bits per heavy atom. The molecule has 0 atom stereocenters. The number of esters is 1. The van der Waals surface area contributed by atoms with E-state index in [1.807, 2.05) is 30.6 Å². The van der Waals surface area contributed by atoms with Crippen molar-refractivity contribution in [3.63, 3.8) is 0 Å². The Bertz CT molecular complexity index is 520. The van der Waals surface area contributed by atoms with E-state index in [1.165, 1.54) is 6.92 Å². The van der Waals surface area contributed by atoms with Crippen molar-refractivity contribution in [3.8, 4) is 11.4 Å². The van der Waals surface area contributed by atoms with E-state index in [0.717, 1.165) is 30.8 Å². The fraction of sp³-hybridized carbons (Fsp3) is 0.333. The van der Waals surface area contributed by atoms with Crippen molar-refractivity contribution in [1.82, 2.24) is 9.55 Å². The van der Waals surface area contributed by atoms with Crippen molar-refractivity contribution in [2.24, 2.45) is 0 Å². The summed E-state index contributed by atoms with van der Waals surface area (Å²) >= 11 is 0. The number of unbranched alkanes of at least 4 members (excludes halogenated alkanes) is 1. The zero-order valence-electron chi connectivity index (χ0n) is 11.1. The first kappa shape index (κ1) is 13.3. The van der Waals surface area contributed by atoms with Crippen LogP contribution in [-0.2, 0) is 16.1 Å². The van der Waals surface area contributed by atoms with Crippen LogP contribution in [0, 0.1) is 0 Å². The van der Waals surface area contributed by atoms with Gasteiger partial charge in [0.25, 0.3) is 0 Å². The highest BCUT2D eigenvalue weighted by Gasteiger charge is 2.04. The molecule has 0 radical (unpaired) electrons. The third kappa shape index (κ3) is 3.95. The molecule has 0 aliphatic carbocycles. The number of imidazole rings is 1. The summed E-state index contributed by atoms with van der Waals surface area (Å²) in [5, 5.41) is 0. The summed E-state index contributed by atoms with van der Waals surface area (Å²) < 4.78 is 7.04. The van der Waals surface area contributed by atoms with Crippen LogP contribution in [0.3, 0.4) is 0 Å². The summed E-state index contributed by atoms with van der Waals surface area (Å²) in [6.45, 7) is 2.81. The second kappa shape index (κ2) is 6.73. The lowest BCUT2D eigenvalue weighted by atomic mass is 10.2. The number of benzene rings is 1. The second-order valence-corrected chi connectivity index (χ2v) is 4.36. The molecule has 100 valence electrons. The van der Waals surface area contributed by atoms with Crippen molar-refractivity contribution in [2.75, 3.05) is 6.61 Å². The van der Waals surface area contributed by atoms with Gasteiger partial charge < -0.3 is 9.30 Å². The van der Waals surface area contributed by atoms with Gasteiger partial charge >= 0.3 is 5.97 Å². The highest BCUT2D eigenvalue weighted by atomic mass is 16.5. The summed E-state index contributed by atoms with van der Waals surface area (Å²) in [7, 11) is 0. The van der Waals surface area contributed by atoms with E-state index < -0.39 is 0 Å². The van der Waals surface area contributed by atoms with Gasteiger partial charge in [-0.15, -0.1) is 0 Å². The maximum absolute atomic E-state index is 10.6. The molecule has 19 heavy (non-hydrogen) atoms. The molecule has 1 aromatic carbocycles. The van der Waals surface area contributed by atoms with E-state index >= 15 is 0 Å². The van der Waals surface area contributed by atoms with Crippen LogP contribution >= 0.6 is 0 Å². The summed E-state index contributed by atoms with van der Waals surface area (Å²) in [6, 6.07) is 10.1. The predicted molar refractivity (Wildman–Crippen MR) is 73.5 cm³/mol. The Morgan fingerprint density at radius 1 is 1.26 bits per heavy atom. The molecule has 0 N–H and O–H groups in total. The van der Waals surface area contributed by atoms with Crippen molar-refractivity contribution in [3.05, 3.63) is 42.7 Å². The van der Waals surface area contributed by atoms with Gasteiger partial charge in [-0.1, -0.05) is 30.3 Å². The van der Waals surface area contributed by atoms with Gasteiger partial charge in [-0.25, -0.2) is 4.98 Å². The molecule has 4 heteroatoms. The smallest absolute Gasteiger partial charge is 0.302 e. The Labute approximate surface area is 113 Å². The molecule has 0 saturated heterocycles. The molecule has 0 unspecified atom stereocenters. The highest BCUT2D eigenvalue weighted by molar-refractivity contribution is 5.65. The van der Waals surface area contributed by atoms with Crippen molar-refractivity contribution in [2.45, 2.75) is 26.3 Å². The lowest BCUT2D eigenvalue weighted by Crippen LogP contribution is -2.04. The lowest BCUT2D eigenvalue weighted by Gasteiger charge is -2.08. The topological polar surface area (TPSA) is 44.1 Å². The number of rotatable bonds is 6. The van der Waals surface area contributed by atoms with E-state index in [0.29, 0.717) is 6.61 Å². The molecule has 2 aromatic rings. The number of hydrogen-bond acceptors (Lipinski definition) is 3. The van der Waals surface area contributed by atoms with Gasteiger partial charge in [0.05, 0.1) is 6.61 Å². The summed E-state index contributed by atoms with van der Waals surface area (Å²) in [5.74, 6) is 0.765. The summed E-state index contributed by atoms with van der Waals surface area (Å²) in [5.41, 5.74) is 1.12. The minimum Gasteiger partial charge on any atom is -0.466 e. The minimum atomic E-state index is -0.215. The first-order chi connectivity index (χ1) is 9.27. The van der Waals surface area contributed by atoms with Crippen molar-refractivity contribution in [1.29, 1.82) is 0 Å². The van der Waals surface area contributed by atoms with Crippen LogP contribution < -0.4 is 0 Å². The fourth-order valence-electron chi connectivity index (χ4n) is 1.94. The average molecular weight is 258 g/mol. The zero-order chi connectivity index (χ0) is 13.5. The Kier molecular flexibility index (Phi) is 4.72. The lowest BCUT2D eigenvalue weighted by molar-refractivity contribution is -0.141. The number of ether oxygens (including phenoxy) is 1. The Hall–Kier alpha value is -2.10. The number of nitrogens with zero attached hydrogens (tertiary/aromatic N) is 2. The molecule has 0 aliphatic rings. The third-order valence-corrected chi connectivity index (χ3v) is 2.85. The number of carbonyl (C=O) groups excluding carboxylic acids is 1. The molecule has 4 nitrogen and oxygen atoms in total. The van der Waals surface area contributed by atoms with Crippen LogP contribution in [0.25, 0.3) is 11.4 Å². The van der Waals surface area contributed by atoms with Crippen molar-refractivity contribution < 1.29 is 9.53 Å². The van der Waals surface area contributed by atoms with E-state index in [4.69, 9.17) is 4.74 Å².